The summed E-state index contributed by atoms with van der Waals surface area (Å²) in [4.78, 5) is 0. The molecule has 0 spiro atoms. The van der Waals surface area contributed by atoms with Crippen molar-refractivity contribution >= 4 is 10.1 Å². The van der Waals surface area contributed by atoms with E-state index in [0.717, 1.165) is 12.0 Å². The normalized spacial score (nSPS) is 13.9. The van der Waals surface area contributed by atoms with Crippen LogP contribution in [-0.2, 0) is 10.1 Å². The molecule has 0 saturated carbocycles. The highest BCUT2D eigenvalue weighted by Crippen LogP contribution is 2.27. The Bertz CT molecular complexity index is 423. The molecule has 0 heterocycles. The lowest BCUT2D eigenvalue weighted by atomic mass is 9.88. The highest BCUT2D eigenvalue weighted by atomic mass is 32.2. The Labute approximate surface area is 104 Å². The zero-order valence-corrected chi connectivity index (χ0v) is 11.2. The molecule has 3 nitrogen and oxygen atoms in total. The molecule has 0 fully saturated rings. The van der Waals surface area contributed by atoms with Crippen molar-refractivity contribution in [2.45, 2.75) is 32.6 Å². The third kappa shape index (κ3) is 5.84. The maximum atomic E-state index is 10.8. The summed E-state index contributed by atoms with van der Waals surface area (Å²) < 4.78 is 30.4. The molecule has 1 aromatic carbocycles. The van der Waals surface area contributed by atoms with Gasteiger partial charge in [0.2, 0.25) is 0 Å². The lowest BCUT2D eigenvalue weighted by Crippen LogP contribution is -2.11. The van der Waals surface area contributed by atoms with E-state index in [-0.39, 0.29) is 11.7 Å². The van der Waals surface area contributed by atoms with Crippen molar-refractivity contribution in [3.05, 3.63) is 35.9 Å². The molecule has 0 aromatic heterocycles. The molecule has 0 radical (unpaired) electrons. The summed E-state index contributed by atoms with van der Waals surface area (Å²) in [5.41, 5.74) is 1.14. The molecule has 0 aliphatic rings. The second-order valence-corrected chi connectivity index (χ2v) is 6.38. The first-order chi connectivity index (χ1) is 7.88. The van der Waals surface area contributed by atoms with Gasteiger partial charge in [0.05, 0.1) is 5.75 Å². The molecule has 4 heteroatoms. The summed E-state index contributed by atoms with van der Waals surface area (Å²) in [6, 6.07) is 9.87. The van der Waals surface area contributed by atoms with E-state index in [0.29, 0.717) is 12.3 Å². The number of benzene rings is 1. The molecular weight excluding hydrogens is 236 g/mol. The van der Waals surface area contributed by atoms with Crippen LogP contribution in [0.3, 0.4) is 0 Å². The fourth-order valence-corrected chi connectivity index (χ4v) is 2.59. The fraction of sp³-hybridized carbons (Fsp3) is 0.538. The summed E-state index contributed by atoms with van der Waals surface area (Å²) in [5, 5.41) is 0. The Morgan fingerprint density at radius 1 is 1.18 bits per heavy atom. The molecule has 1 atom stereocenters. The van der Waals surface area contributed by atoms with Crippen LogP contribution < -0.4 is 0 Å². The predicted molar refractivity (Wildman–Crippen MR) is 69.7 cm³/mol. The van der Waals surface area contributed by atoms with E-state index < -0.39 is 10.1 Å². The minimum atomic E-state index is -3.86. The summed E-state index contributed by atoms with van der Waals surface area (Å²) in [6.45, 7) is 4.23. The summed E-state index contributed by atoms with van der Waals surface area (Å²) in [6.07, 6.45) is 1.40. The van der Waals surface area contributed by atoms with E-state index in [2.05, 4.69) is 13.8 Å². The van der Waals surface area contributed by atoms with Gasteiger partial charge in [-0.25, -0.2) is 0 Å². The van der Waals surface area contributed by atoms with Gasteiger partial charge in [-0.2, -0.15) is 8.42 Å². The molecule has 96 valence electrons. The van der Waals surface area contributed by atoms with Gasteiger partial charge >= 0.3 is 0 Å². The van der Waals surface area contributed by atoms with Crippen LogP contribution in [0.5, 0.6) is 0 Å². The average molecular weight is 256 g/mol. The van der Waals surface area contributed by atoms with Crippen LogP contribution in [0.25, 0.3) is 0 Å². The first kappa shape index (κ1) is 14.2. The van der Waals surface area contributed by atoms with Crippen molar-refractivity contribution in [2.24, 2.45) is 5.92 Å². The molecule has 0 amide bonds. The number of hydrogen-bond donors (Lipinski definition) is 1. The Morgan fingerprint density at radius 3 is 2.24 bits per heavy atom. The largest absolute Gasteiger partial charge is 0.286 e. The molecule has 1 rings (SSSR count). The smallest absolute Gasteiger partial charge is 0.264 e. The van der Waals surface area contributed by atoms with E-state index in [1.807, 2.05) is 30.3 Å². The average Bonchev–Trinajstić information content (AvgIpc) is 2.24. The summed E-state index contributed by atoms with van der Waals surface area (Å²) >= 11 is 0. The van der Waals surface area contributed by atoms with Crippen LogP contribution in [0, 0.1) is 5.92 Å². The zero-order chi connectivity index (χ0) is 12.9. The van der Waals surface area contributed by atoms with Gasteiger partial charge in [-0.1, -0.05) is 44.2 Å². The van der Waals surface area contributed by atoms with Crippen molar-refractivity contribution in [3.63, 3.8) is 0 Å². The summed E-state index contributed by atoms with van der Waals surface area (Å²) in [7, 11) is -3.86. The van der Waals surface area contributed by atoms with Crippen molar-refractivity contribution in [1.29, 1.82) is 0 Å². The molecule has 1 N–H and O–H groups in total. The Kier molecular flexibility index (Phi) is 5.15. The van der Waals surface area contributed by atoms with Gasteiger partial charge in [-0.15, -0.1) is 0 Å². The van der Waals surface area contributed by atoms with E-state index in [1.165, 1.54) is 0 Å². The van der Waals surface area contributed by atoms with Crippen molar-refractivity contribution in [3.8, 4) is 0 Å². The van der Waals surface area contributed by atoms with Gasteiger partial charge in [0.1, 0.15) is 0 Å². The molecule has 1 aromatic rings. The van der Waals surface area contributed by atoms with Gasteiger partial charge in [0.15, 0.2) is 0 Å². The van der Waals surface area contributed by atoms with Gasteiger partial charge in [0, 0.05) is 0 Å². The maximum Gasteiger partial charge on any atom is 0.264 e. The second-order valence-electron chi connectivity index (χ2n) is 4.81. The van der Waals surface area contributed by atoms with Gasteiger partial charge in [0.25, 0.3) is 10.1 Å². The Morgan fingerprint density at radius 2 is 1.76 bits per heavy atom. The van der Waals surface area contributed by atoms with Crippen LogP contribution >= 0.6 is 0 Å². The molecule has 1 unspecified atom stereocenters. The number of hydrogen-bond acceptors (Lipinski definition) is 2. The van der Waals surface area contributed by atoms with Crippen molar-refractivity contribution in [1.82, 2.24) is 0 Å². The lowest BCUT2D eigenvalue weighted by molar-refractivity contribution is 0.459. The summed E-state index contributed by atoms with van der Waals surface area (Å²) in [5.74, 6) is 0.527. The minimum absolute atomic E-state index is 0.167. The zero-order valence-electron chi connectivity index (χ0n) is 10.3. The monoisotopic (exact) mass is 256 g/mol. The van der Waals surface area contributed by atoms with Gasteiger partial charge in [-0.3, -0.25) is 4.55 Å². The highest BCUT2D eigenvalue weighted by Gasteiger charge is 2.16. The molecule has 0 bridgehead atoms. The van der Waals surface area contributed by atoms with E-state index in [4.69, 9.17) is 4.55 Å². The van der Waals surface area contributed by atoms with Crippen LogP contribution in [-0.4, -0.2) is 18.7 Å². The first-order valence-electron chi connectivity index (χ1n) is 5.88. The Hall–Kier alpha value is -0.870. The topological polar surface area (TPSA) is 54.4 Å². The standard InChI is InChI=1S/C13H20O3S/c1-11(2)10-13(8-9-17(14,15)16)12-6-4-3-5-7-12/h3-7,11,13H,8-10H2,1-2H3,(H,14,15,16). The van der Waals surface area contributed by atoms with Crippen LogP contribution in [0.15, 0.2) is 30.3 Å². The Balaban J connectivity index is 2.74. The highest BCUT2D eigenvalue weighted by molar-refractivity contribution is 7.85. The van der Waals surface area contributed by atoms with Crippen molar-refractivity contribution in [2.75, 3.05) is 5.75 Å². The first-order valence-corrected chi connectivity index (χ1v) is 7.49. The lowest BCUT2D eigenvalue weighted by Gasteiger charge is -2.18. The molecule has 17 heavy (non-hydrogen) atoms. The molecular formula is C13H20O3S. The third-order valence-corrected chi connectivity index (χ3v) is 3.50. The van der Waals surface area contributed by atoms with E-state index in [9.17, 15) is 8.42 Å². The fourth-order valence-electron chi connectivity index (χ4n) is 2.01. The van der Waals surface area contributed by atoms with E-state index in [1.54, 1.807) is 0 Å². The van der Waals surface area contributed by atoms with E-state index >= 15 is 0 Å². The van der Waals surface area contributed by atoms with Crippen LogP contribution in [0.4, 0.5) is 0 Å². The second kappa shape index (κ2) is 6.17. The predicted octanol–water partition coefficient (Wildman–Crippen LogP) is 3.09. The number of rotatable bonds is 6. The van der Waals surface area contributed by atoms with Gasteiger partial charge < -0.3 is 0 Å². The molecule has 0 aliphatic carbocycles. The third-order valence-electron chi connectivity index (χ3n) is 2.75. The molecule has 0 aliphatic heterocycles. The quantitative estimate of drug-likeness (QED) is 0.796. The van der Waals surface area contributed by atoms with Crippen LogP contribution in [0.1, 0.15) is 38.2 Å². The molecule has 0 saturated heterocycles. The van der Waals surface area contributed by atoms with Crippen LogP contribution in [0.2, 0.25) is 0 Å². The maximum absolute atomic E-state index is 10.8. The SMILES string of the molecule is CC(C)CC(CCS(=O)(=O)O)c1ccccc1. The van der Waals surface area contributed by atoms with Gasteiger partial charge in [-0.05, 0) is 30.2 Å². The van der Waals surface area contributed by atoms with Crippen molar-refractivity contribution < 1.29 is 13.0 Å². The minimum Gasteiger partial charge on any atom is -0.286 e.